The maximum atomic E-state index is 12.4. The number of aromatic nitrogens is 1. The zero-order chi connectivity index (χ0) is 17.7. The summed E-state index contributed by atoms with van der Waals surface area (Å²) in [4.78, 5) is 19.7. The number of aryl methyl sites for hydroxylation is 1. The number of benzene rings is 1. The smallest absolute Gasteiger partial charge is 0.317 e. The van der Waals surface area contributed by atoms with E-state index in [4.69, 9.17) is 0 Å². The number of carbonyl (C=O) groups excluding carboxylic acids is 1. The van der Waals surface area contributed by atoms with E-state index in [0.29, 0.717) is 13.1 Å². The van der Waals surface area contributed by atoms with E-state index in [1.165, 1.54) is 16.5 Å². The summed E-state index contributed by atoms with van der Waals surface area (Å²) in [5.41, 5.74) is 3.65. The third-order valence-electron chi connectivity index (χ3n) is 4.36. The minimum absolute atomic E-state index is 0.0162. The topological polar surface area (TPSA) is 51.4 Å². The Kier molecular flexibility index (Phi) is 6.26. The summed E-state index contributed by atoms with van der Waals surface area (Å²) in [6.07, 6.45) is 2.87. The van der Waals surface area contributed by atoms with Gasteiger partial charge in [-0.25, -0.2) is 4.79 Å². The van der Waals surface area contributed by atoms with Crippen LogP contribution in [0, 0.1) is 6.92 Å². The van der Waals surface area contributed by atoms with Crippen LogP contribution in [0.2, 0.25) is 0 Å². The van der Waals surface area contributed by atoms with E-state index in [1.807, 2.05) is 32.1 Å². The van der Waals surface area contributed by atoms with Crippen LogP contribution in [0.25, 0.3) is 10.9 Å². The molecule has 0 unspecified atom stereocenters. The van der Waals surface area contributed by atoms with Gasteiger partial charge in [-0.15, -0.1) is 0 Å². The van der Waals surface area contributed by atoms with Crippen LogP contribution in [0.5, 0.6) is 0 Å². The Bertz CT molecular complexity index is 677. The van der Waals surface area contributed by atoms with E-state index in [1.54, 1.807) is 0 Å². The lowest BCUT2D eigenvalue weighted by Gasteiger charge is -2.30. The summed E-state index contributed by atoms with van der Waals surface area (Å²) in [6, 6.07) is 6.64. The summed E-state index contributed by atoms with van der Waals surface area (Å²) >= 11 is 0. The van der Waals surface area contributed by atoms with Gasteiger partial charge in [0.1, 0.15) is 0 Å². The van der Waals surface area contributed by atoms with Crippen LogP contribution in [-0.4, -0.2) is 60.6 Å². The Morgan fingerprint density at radius 1 is 1.33 bits per heavy atom. The summed E-state index contributed by atoms with van der Waals surface area (Å²) in [6.45, 7) is 8.42. The van der Waals surface area contributed by atoms with Gasteiger partial charge in [0.05, 0.1) is 0 Å². The van der Waals surface area contributed by atoms with Crippen molar-refractivity contribution in [3.8, 4) is 0 Å². The fourth-order valence-electron chi connectivity index (χ4n) is 3.20. The number of aromatic amines is 1. The van der Waals surface area contributed by atoms with Crippen LogP contribution in [-0.2, 0) is 6.42 Å². The van der Waals surface area contributed by atoms with E-state index >= 15 is 0 Å². The summed E-state index contributed by atoms with van der Waals surface area (Å²) in [5.74, 6) is 0. The van der Waals surface area contributed by atoms with E-state index < -0.39 is 0 Å². The Labute approximate surface area is 145 Å². The van der Waals surface area contributed by atoms with Crippen molar-refractivity contribution in [2.24, 2.45) is 0 Å². The monoisotopic (exact) mass is 330 g/mol. The molecule has 0 saturated heterocycles. The molecule has 0 spiro atoms. The first-order chi connectivity index (χ1) is 11.4. The van der Waals surface area contributed by atoms with Crippen LogP contribution in [0.3, 0.4) is 0 Å². The van der Waals surface area contributed by atoms with Gasteiger partial charge in [0.2, 0.25) is 0 Å². The maximum Gasteiger partial charge on any atom is 0.317 e. The molecule has 2 aromatic rings. The van der Waals surface area contributed by atoms with Gasteiger partial charge in [-0.3, -0.25) is 0 Å². The van der Waals surface area contributed by atoms with Crippen molar-refractivity contribution >= 4 is 16.9 Å². The van der Waals surface area contributed by atoms with Gasteiger partial charge < -0.3 is 20.1 Å². The molecule has 0 aliphatic heterocycles. The third kappa shape index (κ3) is 4.51. The average molecular weight is 330 g/mol. The highest BCUT2D eigenvalue weighted by Gasteiger charge is 2.18. The molecule has 1 atom stereocenters. The predicted octanol–water partition coefficient (Wildman–Crippen LogP) is 3.00. The van der Waals surface area contributed by atoms with Gasteiger partial charge >= 0.3 is 6.03 Å². The number of likely N-dealkylation sites (N-methyl/N-ethyl adjacent to an activating group) is 2. The zero-order valence-corrected chi connectivity index (χ0v) is 15.5. The van der Waals surface area contributed by atoms with E-state index in [-0.39, 0.29) is 12.1 Å². The Hall–Kier alpha value is -2.01. The van der Waals surface area contributed by atoms with Gasteiger partial charge in [-0.1, -0.05) is 12.1 Å². The molecule has 0 aliphatic rings. The molecule has 0 radical (unpaired) electrons. The predicted molar refractivity (Wildman–Crippen MR) is 101 cm³/mol. The van der Waals surface area contributed by atoms with Crippen molar-refractivity contribution in [3.63, 3.8) is 0 Å². The molecule has 1 aromatic carbocycles. The number of carbonyl (C=O) groups is 1. The van der Waals surface area contributed by atoms with Crippen LogP contribution in [0.4, 0.5) is 4.79 Å². The molecule has 24 heavy (non-hydrogen) atoms. The maximum absolute atomic E-state index is 12.4. The standard InChI is InChI=1S/C19H30N4O/c1-6-23(15(3)13-22(4)5)19(24)20-10-9-16-12-21-18-11-14(2)7-8-17(16)18/h7-8,11-12,15,21H,6,9-10,13H2,1-5H3,(H,20,24)/t15-/m1/s1. The van der Waals surface area contributed by atoms with Crippen molar-refractivity contribution in [2.45, 2.75) is 33.2 Å². The van der Waals surface area contributed by atoms with Crippen LogP contribution in [0.15, 0.2) is 24.4 Å². The van der Waals surface area contributed by atoms with Crippen molar-refractivity contribution in [2.75, 3.05) is 33.7 Å². The first-order valence-electron chi connectivity index (χ1n) is 8.68. The van der Waals surface area contributed by atoms with E-state index in [2.05, 4.69) is 47.2 Å². The number of amides is 2. The molecule has 1 aromatic heterocycles. The van der Waals surface area contributed by atoms with Gasteiger partial charge in [0.15, 0.2) is 0 Å². The largest absolute Gasteiger partial charge is 0.361 e. The molecular weight excluding hydrogens is 300 g/mol. The van der Waals surface area contributed by atoms with Crippen molar-refractivity contribution in [3.05, 3.63) is 35.5 Å². The first kappa shape index (κ1) is 18.3. The fraction of sp³-hybridized carbons (Fsp3) is 0.526. The van der Waals surface area contributed by atoms with Gasteiger partial charge in [-0.2, -0.15) is 0 Å². The van der Waals surface area contributed by atoms with E-state index in [9.17, 15) is 4.79 Å². The first-order valence-corrected chi connectivity index (χ1v) is 8.68. The highest BCUT2D eigenvalue weighted by Crippen LogP contribution is 2.19. The number of fused-ring (bicyclic) bond motifs is 1. The van der Waals surface area contributed by atoms with Gasteiger partial charge in [0, 0.05) is 42.8 Å². The number of rotatable bonds is 7. The Balaban J connectivity index is 1.91. The molecule has 2 N–H and O–H groups in total. The van der Waals surface area contributed by atoms with Gasteiger partial charge in [-0.05, 0) is 58.5 Å². The second-order valence-corrected chi connectivity index (χ2v) is 6.74. The van der Waals surface area contributed by atoms with Crippen molar-refractivity contribution in [1.29, 1.82) is 0 Å². The van der Waals surface area contributed by atoms with Crippen LogP contribution in [0.1, 0.15) is 25.0 Å². The lowest BCUT2D eigenvalue weighted by atomic mass is 10.1. The fourth-order valence-corrected chi connectivity index (χ4v) is 3.20. The summed E-state index contributed by atoms with van der Waals surface area (Å²) in [5, 5.41) is 4.30. The number of hydrogen-bond donors (Lipinski definition) is 2. The van der Waals surface area contributed by atoms with Gasteiger partial charge in [0.25, 0.3) is 0 Å². The molecule has 0 aliphatic carbocycles. The third-order valence-corrected chi connectivity index (χ3v) is 4.36. The van der Waals surface area contributed by atoms with Crippen LogP contribution < -0.4 is 5.32 Å². The molecule has 2 rings (SSSR count). The normalized spacial score (nSPS) is 12.6. The number of H-pyrrole nitrogens is 1. The van der Waals surface area contributed by atoms with Crippen molar-refractivity contribution in [1.82, 2.24) is 20.1 Å². The summed E-state index contributed by atoms with van der Waals surface area (Å²) in [7, 11) is 4.06. The average Bonchev–Trinajstić information content (AvgIpc) is 2.89. The number of urea groups is 1. The van der Waals surface area contributed by atoms with Crippen LogP contribution >= 0.6 is 0 Å². The minimum atomic E-state index is 0.0162. The highest BCUT2D eigenvalue weighted by molar-refractivity contribution is 5.84. The lowest BCUT2D eigenvalue weighted by molar-refractivity contribution is 0.169. The number of nitrogens with zero attached hydrogens (tertiary/aromatic N) is 2. The minimum Gasteiger partial charge on any atom is -0.361 e. The molecule has 2 amide bonds. The zero-order valence-electron chi connectivity index (χ0n) is 15.5. The molecule has 0 bridgehead atoms. The van der Waals surface area contributed by atoms with E-state index in [0.717, 1.165) is 18.5 Å². The second kappa shape index (κ2) is 8.20. The number of hydrogen-bond acceptors (Lipinski definition) is 2. The lowest BCUT2D eigenvalue weighted by Crippen LogP contribution is -2.48. The molecule has 0 saturated carbocycles. The molecular formula is C19H30N4O. The molecule has 132 valence electrons. The molecule has 5 heteroatoms. The summed E-state index contributed by atoms with van der Waals surface area (Å²) < 4.78 is 0. The number of nitrogens with one attached hydrogen (secondary N) is 2. The molecule has 0 fully saturated rings. The molecule has 1 heterocycles. The Morgan fingerprint density at radius 2 is 2.08 bits per heavy atom. The highest BCUT2D eigenvalue weighted by atomic mass is 16.2. The van der Waals surface area contributed by atoms with Crippen molar-refractivity contribution < 1.29 is 4.79 Å². The molecule has 5 nitrogen and oxygen atoms in total. The Morgan fingerprint density at radius 3 is 2.75 bits per heavy atom. The SMILES string of the molecule is CCN(C(=O)NCCc1c[nH]c2cc(C)ccc12)[C@H](C)CN(C)C. The quantitative estimate of drug-likeness (QED) is 0.820. The second-order valence-electron chi connectivity index (χ2n) is 6.74.